The quantitative estimate of drug-likeness (QED) is 0.880. The Morgan fingerprint density at radius 1 is 1.42 bits per heavy atom. The molecule has 0 aliphatic heterocycles. The number of ether oxygens (including phenoxy) is 1. The minimum atomic E-state index is -0.226. The van der Waals surface area contributed by atoms with Gasteiger partial charge in [-0.25, -0.2) is 0 Å². The fourth-order valence-electron chi connectivity index (χ4n) is 1.67. The highest BCUT2D eigenvalue weighted by molar-refractivity contribution is 6.31. The summed E-state index contributed by atoms with van der Waals surface area (Å²) in [6, 6.07) is 9.13. The lowest BCUT2D eigenvalue weighted by Gasteiger charge is -2.10. The normalized spacial score (nSPS) is 10.4. The topological polar surface area (TPSA) is 54.1 Å². The lowest BCUT2D eigenvalue weighted by Crippen LogP contribution is -2.13. The van der Waals surface area contributed by atoms with Gasteiger partial charge in [-0.15, -0.1) is 0 Å². The summed E-state index contributed by atoms with van der Waals surface area (Å²) in [6.07, 6.45) is 1.57. The molecule has 1 heterocycles. The number of carbonyl (C=O) groups excluding carboxylic acids is 1. The van der Waals surface area contributed by atoms with E-state index < -0.39 is 0 Å². The Bertz CT molecular complexity index is 566. The van der Waals surface area contributed by atoms with Crippen LogP contribution in [0.25, 0.3) is 0 Å². The number of H-pyrrole nitrogens is 1. The van der Waals surface area contributed by atoms with Crippen LogP contribution in [0.15, 0.2) is 36.5 Å². The monoisotopic (exact) mass is 278 g/mol. The van der Waals surface area contributed by atoms with Gasteiger partial charge in [-0.05, 0) is 19.1 Å². The minimum Gasteiger partial charge on any atom is -0.377 e. The van der Waals surface area contributed by atoms with Crippen molar-refractivity contribution in [2.24, 2.45) is 0 Å². The molecule has 0 aliphatic carbocycles. The highest BCUT2D eigenvalue weighted by Gasteiger charge is 2.10. The number of para-hydroxylation sites is 1. The first-order chi connectivity index (χ1) is 9.20. The van der Waals surface area contributed by atoms with Crippen molar-refractivity contribution < 1.29 is 9.53 Å². The predicted molar refractivity (Wildman–Crippen MR) is 75.5 cm³/mol. The van der Waals surface area contributed by atoms with Gasteiger partial charge in [0.2, 0.25) is 0 Å². The van der Waals surface area contributed by atoms with Crippen molar-refractivity contribution in [2.45, 2.75) is 13.5 Å². The number of halogens is 1. The van der Waals surface area contributed by atoms with Crippen LogP contribution in [-0.2, 0) is 11.3 Å². The highest BCUT2D eigenvalue weighted by atomic mass is 35.5. The first-order valence-corrected chi connectivity index (χ1v) is 6.39. The van der Waals surface area contributed by atoms with Gasteiger partial charge in [-0.2, -0.15) is 0 Å². The summed E-state index contributed by atoms with van der Waals surface area (Å²) in [5.41, 5.74) is 2.11. The van der Waals surface area contributed by atoms with E-state index in [4.69, 9.17) is 16.3 Å². The van der Waals surface area contributed by atoms with Gasteiger partial charge in [0.05, 0.1) is 11.6 Å². The Balaban J connectivity index is 2.12. The maximum absolute atomic E-state index is 12.0. The summed E-state index contributed by atoms with van der Waals surface area (Å²) in [5, 5.41) is 3.35. The summed E-state index contributed by atoms with van der Waals surface area (Å²) in [4.78, 5) is 14.8. The van der Waals surface area contributed by atoms with E-state index in [-0.39, 0.29) is 5.91 Å². The molecular weight excluding hydrogens is 264 g/mol. The molecule has 2 rings (SSSR count). The number of carbonyl (C=O) groups is 1. The molecule has 19 heavy (non-hydrogen) atoms. The number of aromatic nitrogens is 1. The molecule has 0 unspecified atom stereocenters. The third kappa shape index (κ3) is 3.59. The molecule has 100 valence electrons. The van der Waals surface area contributed by atoms with Crippen LogP contribution in [0, 0.1) is 0 Å². The van der Waals surface area contributed by atoms with Crippen molar-refractivity contribution in [3.05, 3.63) is 52.8 Å². The smallest absolute Gasteiger partial charge is 0.272 e. The van der Waals surface area contributed by atoms with Crippen molar-refractivity contribution in [3.63, 3.8) is 0 Å². The summed E-state index contributed by atoms with van der Waals surface area (Å²) < 4.78 is 5.37. The van der Waals surface area contributed by atoms with E-state index in [1.807, 2.05) is 31.2 Å². The van der Waals surface area contributed by atoms with Crippen LogP contribution in [0.2, 0.25) is 5.02 Å². The van der Waals surface area contributed by atoms with Gasteiger partial charge in [0.15, 0.2) is 0 Å². The molecule has 4 nitrogen and oxygen atoms in total. The van der Waals surface area contributed by atoms with E-state index in [2.05, 4.69) is 10.3 Å². The van der Waals surface area contributed by atoms with Crippen molar-refractivity contribution in [1.29, 1.82) is 0 Å². The number of nitrogens with one attached hydrogen (secondary N) is 2. The Morgan fingerprint density at radius 2 is 2.21 bits per heavy atom. The molecule has 2 N–H and O–H groups in total. The molecule has 0 radical (unpaired) electrons. The maximum Gasteiger partial charge on any atom is 0.272 e. The summed E-state index contributed by atoms with van der Waals surface area (Å²) >= 11 is 5.78. The number of benzene rings is 1. The molecule has 2 aromatic rings. The van der Waals surface area contributed by atoms with E-state index in [1.54, 1.807) is 12.3 Å². The molecule has 5 heteroatoms. The average Bonchev–Trinajstić information content (AvgIpc) is 2.84. The zero-order chi connectivity index (χ0) is 13.7. The highest BCUT2D eigenvalue weighted by Crippen LogP contribution is 2.18. The molecule has 0 saturated carbocycles. The largest absolute Gasteiger partial charge is 0.377 e. The summed E-state index contributed by atoms with van der Waals surface area (Å²) in [5.74, 6) is -0.226. The molecule has 0 aliphatic rings. The first kappa shape index (κ1) is 13.6. The standard InChI is InChI=1S/C14H15ClN2O2/c1-2-19-9-10-5-3-4-6-12(10)17-14(18)13-7-11(15)8-16-13/h3-8,16H,2,9H2,1H3,(H,17,18). The van der Waals surface area contributed by atoms with Gasteiger partial charge >= 0.3 is 0 Å². The Hall–Kier alpha value is -1.78. The molecule has 1 aromatic carbocycles. The van der Waals surface area contributed by atoms with Crippen molar-refractivity contribution in [3.8, 4) is 0 Å². The van der Waals surface area contributed by atoms with E-state index >= 15 is 0 Å². The third-order valence-corrected chi connectivity index (χ3v) is 2.84. The third-order valence-electron chi connectivity index (χ3n) is 2.62. The van der Waals surface area contributed by atoms with Crippen LogP contribution in [-0.4, -0.2) is 17.5 Å². The summed E-state index contributed by atoms with van der Waals surface area (Å²) in [6.45, 7) is 3.04. The van der Waals surface area contributed by atoms with Crippen LogP contribution in [0.4, 0.5) is 5.69 Å². The average molecular weight is 279 g/mol. The van der Waals surface area contributed by atoms with Crippen LogP contribution < -0.4 is 5.32 Å². The number of hydrogen-bond donors (Lipinski definition) is 2. The second-order valence-corrected chi connectivity index (χ2v) is 4.42. The fraction of sp³-hybridized carbons (Fsp3) is 0.214. The molecule has 0 saturated heterocycles. The van der Waals surface area contributed by atoms with Crippen molar-refractivity contribution in [2.75, 3.05) is 11.9 Å². The van der Waals surface area contributed by atoms with Gasteiger partial charge in [0.25, 0.3) is 5.91 Å². The zero-order valence-corrected chi connectivity index (χ0v) is 11.3. The molecule has 0 spiro atoms. The second-order valence-electron chi connectivity index (χ2n) is 3.98. The molecule has 0 atom stereocenters. The second kappa shape index (κ2) is 6.41. The van der Waals surface area contributed by atoms with E-state index in [0.29, 0.717) is 23.9 Å². The Morgan fingerprint density at radius 3 is 2.89 bits per heavy atom. The van der Waals surface area contributed by atoms with E-state index in [9.17, 15) is 4.79 Å². The van der Waals surface area contributed by atoms with Gasteiger partial charge in [0.1, 0.15) is 5.69 Å². The van der Waals surface area contributed by atoms with Gasteiger partial charge in [-0.3, -0.25) is 4.79 Å². The number of rotatable bonds is 5. The van der Waals surface area contributed by atoms with Gasteiger partial charge < -0.3 is 15.0 Å². The van der Waals surface area contributed by atoms with Crippen molar-refractivity contribution in [1.82, 2.24) is 4.98 Å². The van der Waals surface area contributed by atoms with E-state index in [1.165, 1.54) is 0 Å². The SMILES string of the molecule is CCOCc1ccccc1NC(=O)c1cc(Cl)c[nH]1. The Labute approximate surface area is 116 Å². The molecule has 0 bridgehead atoms. The molecule has 1 aromatic heterocycles. The molecule has 1 amide bonds. The molecular formula is C14H15ClN2O2. The minimum absolute atomic E-state index is 0.226. The number of amides is 1. The molecule has 0 fully saturated rings. The number of hydrogen-bond acceptors (Lipinski definition) is 2. The predicted octanol–water partition coefficient (Wildman–Crippen LogP) is 3.46. The van der Waals surface area contributed by atoms with Gasteiger partial charge in [0, 0.05) is 24.1 Å². The van der Waals surface area contributed by atoms with Crippen LogP contribution in [0.5, 0.6) is 0 Å². The first-order valence-electron chi connectivity index (χ1n) is 6.01. The van der Waals surface area contributed by atoms with Crippen LogP contribution in [0.3, 0.4) is 0 Å². The number of anilines is 1. The van der Waals surface area contributed by atoms with E-state index in [0.717, 1.165) is 11.3 Å². The van der Waals surface area contributed by atoms with Crippen LogP contribution in [0.1, 0.15) is 23.0 Å². The zero-order valence-electron chi connectivity index (χ0n) is 10.6. The van der Waals surface area contributed by atoms with Gasteiger partial charge in [-0.1, -0.05) is 29.8 Å². The lowest BCUT2D eigenvalue weighted by molar-refractivity contribution is 0.102. The lowest BCUT2D eigenvalue weighted by atomic mass is 10.2. The number of aromatic amines is 1. The fourth-order valence-corrected chi connectivity index (χ4v) is 1.83. The Kier molecular flexibility index (Phi) is 4.60. The maximum atomic E-state index is 12.0. The van der Waals surface area contributed by atoms with Crippen LogP contribution >= 0.6 is 11.6 Å². The van der Waals surface area contributed by atoms with Crippen molar-refractivity contribution >= 4 is 23.2 Å². The summed E-state index contributed by atoms with van der Waals surface area (Å²) in [7, 11) is 0.